The standard InChI is InChI=1S/C33H34BrN3O5S/c1-41-22-23-42-31-17-12-27(24-30(31)34)33(38)35-28-13-15-29(16-14-28)43(39,40)37-20-18-36(19-21-37)32(25-8-4-2-5-9-25)26-10-6-3-7-11-26/h2-17,24,32H,18-23H2,1H3,(H,35,38). The van der Waals surface area contributed by atoms with Gasteiger partial charge < -0.3 is 14.8 Å². The first-order valence-electron chi connectivity index (χ1n) is 14.0. The SMILES string of the molecule is COCCOc1ccc(C(=O)Nc2ccc(S(=O)(=O)N3CCN(C(c4ccccc4)c4ccccc4)CC3)cc2)cc1Br. The highest BCUT2D eigenvalue weighted by Gasteiger charge is 2.32. The number of carbonyl (C=O) groups excluding carboxylic acids is 1. The first-order valence-corrected chi connectivity index (χ1v) is 16.3. The lowest BCUT2D eigenvalue weighted by Crippen LogP contribution is -2.49. The van der Waals surface area contributed by atoms with Crippen LogP contribution in [0.25, 0.3) is 0 Å². The van der Waals surface area contributed by atoms with E-state index in [0.717, 1.165) is 0 Å². The van der Waals surface area contributed by atoms with Crippen molar-refractivity contribution in [1.29, 1.82) is 0 Å². The van der Waals surface area contributed by atoms with Crippen molar-refractivity contribution in [3.63, 3.8) is 0 Å². The summed E-state index contributed by atoms with van der Waals surface area (Å²) < 4.78 is 39.8. The van der Waals surface area contributed by atoms with Gasteiger partial charge in [0.1, 0.15) is 12.4 Å². The molecule has 0 atom stereocenters. The zero-order valence-corrected chi connectivity index (χ0v) is 26.3. The highest BCUT2D eigenvalue weighted by molar-refractivity contribution is 9.10. The maximum Gasteiger partial charge on any atom is 0.255 e. The van der Waals surface area contributed by atoms with Gasteiger partial charge in [0.25, 0.3) is 5.91 Å². The van der Waals surface area contributed by atoms with Gasteiger partial charge >= 0.3 is 0 Å². The average molecular weight is 665 g/mol. The van der Waals surface area contributed by atoms with Crippen LogP contribution in [0.1, 0.15) is 27.5 Å². The number of nitrogens with zero attached hydrogens (tertiary/aromatic N) is 2. The van der Waals surface area contributed by atoms with E-state index < -0.39 is 10.0 Å². The molecule has 1 saturated heterocycles. The molecule has 8 nitrogen and oxygen atoms in total. The maximum absolute atomic E-state index is 13.5. The van der Waals surface area contributed by atoms with Crippen molar-refractivity contribution in [3.8, 4) is 5.75 Å². The number of anilines is 1. The van der Waals surface area contributed by atoms with Crippen LogP contribution >= 0.6 is 15.9 Å². The molecule has 4 aromatic carbocycles. The Morgan fingerprint density at radius 3 is 2.00 bits per heavy atom. The molecule has 1 aliphatic heterocycles. The number of sulfonamides is 1. The zero-order valence-electron chi connectivity index (χ0n) is 23.9. The quantitative estimate of drug-likeness (QED) is 0.204. The predicted molar refractivity (Wildman–Crippen MR) is 171 cm³/mol. The first-order chi connectivity index (χ1) is 20.9. The van der Waals surface area contributed by atoms with Crippen molar-refractivity contribution < 1.29 is 22.7 Å². The van der Waals surface area contributed by atoms with Crippen LogP contribution in [0.3, 0.4) is 0 Å². The molecule has 0 aliphatic carbocycles. The van der Waals surface area contributed by atoms with Gasteiger partial charge in [-0.3, -0.25) is 9.69 Å². The molecule has 1 amide bonds. The number of rotatable bonds is 11. The lowest BCUT2D eigenvalue weighted by atomic mass is 9.96. The lowest BCUT2D eigenvalue weighted by Gasteiger charge is -2.39. The Bertz CT molecular complexity index is 1570. The molecular weight excluding hydrogens is 630 g/mol. The van der Waals surface area contributed by atoms with Crippen LogP contribution in [0.5, 0.6) is 5.75 Å². The van der Waals surface area contributed by atoms with Gasteiger partial charge in [-0.25, -0.2) is 8.42 Å². The normalized spacial score (nSPS) is 14.5. The fourth-order valence-corrected chi connectivity index (χ4v) is 7.06. The molecule has 224 valence electrons. The second kappa shape index (κ2) is 14.3. The Kier molecular flexibility index (Phi) is 10.3. The molecule has 5 rings (SSSR count). The Morgan fingerprint density at radius 1 is 0.837 bits per heavy atom. The molecule has 43 heavy (non-hydrogen) atoms. The molecule has 4 aromatic rings. The predicted octanol–water partition coefficient (Wildman–Crippen LogP) is 5.82. The number of amides is 1. The first kappa shape index (κ1) is 30.9. The monoisotopic (exact) mass is 663 g/mol. The third-order valence-corrected chi connectivity index (χ3v) is 9.89. The molecule has 0 radical (unpaired) electrons. The molecule has 0 spiro atoms. The Morgan fingerprint density at radius 2 is 1.44 bits per heavy atom. The number of piperazine rings is 1. The number of carbonyl (C=O) groups is 1. The second-order valence-electron chi connectivity index (χ2n) is 10.1. The van der Waals surface area contributed by atoms with E-state index in [1.165, 1.54) is 27.6 Å². The molecule has 1 heterocycles. The number of ether oxygens (including phenoxy) is 2. The van der Waals surface area contributed by atoms with Gasteiger partial charge in [0.15, 0.2) is 0 Å². The molecule has 1 aliphatic rings. The second-order valence-corrected chi connectivity index (χ2v) is 12.9. The summed E-state index contributed by atoms with van der Waals surface area (Å²) in [7, 11) is -2.09. The van der Waals surface area contributed by atoms with Crippen molar-refractivity contribution in [2.45, 2.75) is 10.9 Å². The molecule has 1 N–H and O–H groups in total. The number of nitrogens with one attached hydrogen (secondary N) is 1. The fourth-order valence-electron chi connectivity index (χ4n) is 5.14. The van der Waals surface area contributed by atoms with Gasteiger partial charge in [0.2, 0.25) is 10.0 Å². The number of methoxy groups -OCH3 is 1. The molecule has 0 unspecified atom stereocenters. The van der Waals surface area contributed by atoms with Crippen molar-refractivity contribution in [2.75, 3.05) is 51.8 Å². The van der Waals surface area contributed by atoms with Gasteiger partial charge in [-0.1, -0.05) is 60.7 Å². The van der Waals surface area contributed by atoms with E-state index in [4.69, 9.17) is 9.47 Å². The van der Waals surface area contributed by atoms with E-state index in [9.17, 15) is 13.2 Å². The molecule has 1 fully saturated rings. The topological polar surface area (TPSA) is 88.2 Å². The summed E-state index contributed by atoms with van der Waals surface area (Å²) in [5.41, 5.74) is 3.30. The van der Waals surface area contributed by atoms with Crippen LogP contribution in [0, 0.1) is 0 Å². The lowest BCUT2D eigenvalue weighted by molar-refractivity contribution is 0.102. The summed E-state index contributed by atoms with van der Waals surface area (Å²) in [4.78, 5) is 15.4. The number of halogens is 1. The van der Waals surface area contributed by atoms with Crippen LogP contribution in [0.4, 0.5) is 5.69 Å². The van der Waals surface area contributed by atoms with Crippen LogP contribution in [0.15, 0.2) is 112 Å². The van der Waals surface area contributed by atoms with Gasteiger partial charge in [0.05, 0.1) is 22.0 Å². The summed E-state index contributed by atoms with van der Waals surface area (Å²) in [5, 5.41) is 2.83. The summed E-state index contributed by atoms with van der Waals surface area (Å²) in [6.45, 7) is 2.84. The molecule has 0 aromatic heterocycles. The summed E-state index contributed by atoms with van der Waals surface area (Å²) in [5.74, 6) is 0.293. The summed E-state index contributed by atoms with van der Waals surface area (Å²) in [6, 6.07) is 32.0. The van der Waals surface area contributed by atoms with E-state index in [-0.39, 0.29) is 16.8 Å². The summed E-state index contributed by atoms with van der Waals surface area (Å²) >= 11 is 3.44. The van der Waals surface area contributed by atoms with Gasteiger partial charge in [-0.05, 0) is 69.5 Å². The minimum Gasteiger partial charge on any atom is -0.490 e. The van der Waals surface area contributed by atoms with Crippen molar-refractivity contribution in [2.24, 2.45) is 0 Å². The minimum atomic E-state index is -3.69. The Hall–Kier alpha value is -3.54. The van der Waals surface area contributed by atoms with Crippen LogP contribution < -0.4 is 10.1 Å². The van der Waals surface area contributed by atoms with Crippen LogP contribution in [-0.4, -0.2) is 70.0 Å². The smallest absolute Gasteiger partial charge is 0.255 e. The Balaban J connectivity index is 1.22. The molecule has 0 bridgehead atoms. The van der Waals surface area contributed by atoms with Gasteiger partial charge in [-0.15, -0.1) is 0 Å². The van der Waals surface area contributed by atoms with Gasteiger partial charge in [-0.2, -0.15) is 4.31 Å². The van der Waals surface area contributed by atoms with Crippen molar-refractivity contribution in [1.82, 2.24) is 9.21 Å². The van der Waals surface area contributed by atoms with Crippen LogP contribution in [-0.2, 0) is 14.8 Å². The van der Waals surface area contributed by atoms with Crippen molar-refractivity contribution in [3.05, 3.63) is 124 Å². The third-order valence-electron chi connectivity index (χ3n) is 7.36. The summed E-state index contributed by atoms with van der Waals surface area (Å²) in [6.07, 6.45) is 0. The largest absolute Gasteiger partial charge is 0.490 e. The molecule has 0 saturated carbocycles. The Labute approximate surface area is 261 Å². The minimum absolute atomic E-state index is 0.0511. The number of benzene rings is 4. The zero-order chi connectivity index (χ0) is 30.2. The van der Waals surface area contributed by atoms with E-state index in [1.807, 2.05) is 36.4 Å². The highest BCUT2D eigenvalue weighted by atomic mass is 79.9. The third kappa shape index (κ3) is 7.52. The molecule has 10 heteroatoms. The molecular formula is C33H34BrN3O5S. The van der Waals surface area contributed by atoms with Gasteiger partial charge in [0, 0.05) is 44.5 Å². The van der Waals surface area contributed by atoms with E-state index in [2.05, 4.69) is 50.4 Å². The van der Waals surface area contributed by atoms with E-state index in [1.54, 1.807) is 37.4 Å². The fraction of sp³-hybridized carbons (Fsp3) is 0.242. The highest BCUT2D eigenvalue weighted by Crippen LogP contribution is 2.31. The van der Waals surface area contributed by atoms with E-state index in [0.29, 0.717) is 60.9 Å². The van der Waals surface area contributed by atoms with Crippen LogP contribution in [0.2, 0.25) is 0 Å². The van der Waals surface area contributed by atoms with E-state index >= 15 is 0 Å². The average Bonchev–Trinajstić information content (AvgIpc) is 3.03. The van der Waals surface area contributed by atoms with Crippen molar-refractivity contribution >= 4 is 37.5 Å². The maximum atomic E-state index is 13.5. The number of hydrogen-bond acceptors (Lipinski definition) is 6. The number of hydrogen-bond donors (Lipinski definition) is 1.